The molecule has 1 aromatic rings. The van der Waals surface area contributed by atoms with E-state index >= 15 is 0 Å². The van der Waals surface area contributed by atoms with Gasteiger partial charge in [0, 0.05) is 39.6 Å². The molecular weight excluding hydrogens is 318 g/mol. The summed E-state index contributed by atoms with van der Waals surface area (Å²) in [5.41, 5.74) is 0. The number of hydrogen-bond donors (Lipinski definition) is 2. The molecule has 0 radical (unpaired) electrons. The van der Waals surface area contributed by atoms with Crippen LogP contribution in [0.1, 0.15) is 43.8 Å². The summed E-state index contributed by atoms with van der Waals surface area (Å²) < 4.78 is 1.98. The number of aryl methyl sites for hydroxylation is 1. The van der Waals surface area contributed by atoms with Crippen molar-refractivity contribution < 1.29 is 4.79 Å². The van der Waals surface area contributed by atoms with Crippen molar-refractivity contribution in [1.82, 2.24) is 30.3 Å². The Morgan fingerprint density at radius 3 is 2.52 bits per heavy atom. The van der Waals surface area contributed by atoms with Crippen LogP contribution in [-0.2, 0) is 18.4 Å². The third-order valence-electron chi connectivity index (χ3n) is 5.13. The minimum Gasteiger partial charge on any atom is -0.359 e. The van der Waals surface area contributed by atoms with Crippen LogP contribution < -0.4 is 10.6 Å². The SMILES string of the molecule is CNC(=O)CC1CCN(C(=NCc2nnc(C)n2C)NC2CC2)CC1. The van der Waals surface area contributed by atoms with Gasteiger partial charge in [0.2, 0.25) is 5.91 Å². The molecule has 1 aliphatic heterocycles. The second kappa shape index (κ2) is 7.84. The van der Waals surface area contributed by atoms with Gasteiger partial charge in [-0.1, -0.05) is 0 Å². The van der Waals surface area contributed by atoms with Gasteiger partial charge in [0.1, 0.15) is 12.4 Å². The maximum absolute atomic E-state index is 11.6. The van der Waals surface area contributed by atoms with Crippen LogP contribution in [0.3, 0.4) is 0 Å². The van der Waals surface area contributed by atoms with Gasteiger partial charge in [-0.15, -0.1) is 10.2 Å². The van der Waals surface area contributed by atoms with Crippen LogP contribution in [0.2, 0.25) is 0 Å². The normalized spacial score (nSPS) is 19.2. The van der Waals surface area contributed by atoms with Crippen molar-refractivity contribution in [2.24, 2.45) is 18.0 Å². The van der Waals surface area contributed by atoms with E-state index < -0.39 is 0 Å². The van der Waals surface area contributed by atoms with Gasteiger partial charge in [0.05, 0.1) is 0 Å². The molecule has 25 heavy (non-hydrogen) atoms. The third kappa shape index (κ3) is 4.70. The molecule has 2 aliphatic rings. The average molecular weight is 347 g/mol. The number of rotatable bonds is 5. The highest BCUT2D eigenvalue weighted by Gasteiger charge is 2.28. The molecule has 2 fully saturated rings. The molecule has 0 unspecified atom stereocenters. The molecule has 138 valence electrons. The summed E-state index contributed by atoms with van der Waals surface area (Å²) in [7, 11) is 3.68. The monoisotopic (exact) mass is 347 g/mol. The summed E-state index contributed by atoms with van der Waals surface area (Å²) in [5.74, 6) is 3.36. The standard InChI is InChI=1S/C17H29N7O/c1-12-21-22-15(23(12)3)11-19-17(20-14-4-5-14)24-8-6-13(7-9-24)10-16(25)18-2/h13-14H,4-11H2,1-3H3,(H,18,25)(H,19,20). The first-order valence-corrected chi connectivity index (χ1v) is 9.18. The fourth-order valence-electron chi connectivity index (χ4n) is 3.09. The van der Waals surface area contributed by atoms with Crippen LogP contribution in [0, 0.1) is 12.8 Å². The van der Waals surface area contributed by atoms with Crippen LogP contribution in [0.25, 0.3) is 0 Å². The van der Waals surface area contributed by atoms with E-state index in [-0.39, 0.29) is 5.91 Å². The molecule has 0 atom stereocenters. The lowest BCUT2D eigenvalue weighted by Gasteiger charge is -2.34. The number of aliphatic imine (C=N–C) groups is 1. The first-order valence-electron chi connectivity index (χ1n) is 9.18. The summed E-state index contributed by atoms with van der Waals surface area (Å²) in [6.45, 7) is 4.36. The van der Waals surface area contributed by atoms with Crippen LogP contribution in [0.15, 0.2) is 4.99 Å². The third-order valence-corrected chi connectivity index (χ3v) is 5.13. The van der Waals surface area contributed by atoms with Crippen molar-refractivity contribution >= 4 is 11.9 Å². The Bertz CT molecular complexity index is 627. The molecule has 8 nitrogen and oxygen atoms in total. The van der Waals surface area contributed by atoms with Crippen molar-refractivity contribution in [3.63, 3.8) is 0 Å². The van der Waals surface area contributed by atoms with Gasteiger partial charge in [0.25, 0.3) is 0 Å². The Morgan fingerprint density at radius 2 is 1.96 bits per heavy atom. The van der Waals surface area contributed by atoms with Gasteiger partial charge >= 0.3 is 0 Å². The maximum atomic E-state index is 11.6. The molecule has 1 saturated heterocycles. The van der Waals surface area contributed by atoms with Gasteiger partial charge in [0.15, 0.2) is 11.8 Å². The molecule has 2 heterocycles. The van der Waals surface area contributed by atoms with E-state index in [1.807, 2.05) is 18.5 Å². The zero-order chi connectivity index (χ0) is 17.8. The first-order chi connectivity index (χ1) is 12.1. The molecule has 1 amide bonds. The first kappa shape index (κ1) is 17.7. The highest BCUT2D eigenvalue weighted by molar-refractivity contribution is 5.80. The number of guanidine groups is 1. The second-order valence-electron chi connectivity index (χ2n) is 7.09. The Kier molecular flexibility index (Phi) is 5.55. The molecule has 0 bridgehead atoms. The highest BCUT2D eigenvalue weighted by Crippen LogP contribution is 2.23. The van der Waals surface area contributed by atoms with Gasteiger partial charge in [-0.05, 0) is 38.5 Å². The Morgan fingerprint density at radius 1 is 1.24 bits per heavy atom. The quantitative estimate of drug-likeness (QED) is 0.601. The lowest BCUT2D eigenvalue weighted by molar-refractivity contribution is -0.121. The summed E-state index contributed by atoms with van der Waals surface area (Å²) >= 11 is 0. The van der Waals surface area contributed by atoms with Gasteiger partial charge < -0.3 is 20.1 Å². The molecular formula is C17H29N7O. The van der Waals surface area contributed by atoms with Crippen molar-refractivity contribution in [1.29, 1.82) is 0 Å². The molecule has 3 rings (SSSR count). The number of piperidine rings is 1. The van der Waals surface area contributed by atoms with Crippen molar-refractivity contribution in [2.45, 2.75) is 51.6 Å². The lowest BCUT2D eigenvalue weighted by Crippen LogP contribution is -2.46. The molecule has 0 aromatic carbocycles. The number of aromatic nitrogens is 3. The fraction of sp³-hybridized carbons (Fsp3) is 0.765. The van der Waals surface area contributed by atoms with Crippen LogP contribution >= 0.6 is 0 Å². The predicted molar refractivity (Wildman–Crippen MR) is 96.0 cm³/mol. The van der Waals surface area contributed by atoms with Crippen LogP contribution in [0.5, 0.6) is 0 Å². The van der Waals surface area contributed by atoms with Crippen LogP contribution in [0.4, 0.5) is 0 Å². The number of hydrogen-bond acceptors (Lipinski definition) is 4. The largest absolute Gasteiger partial charge is 0.359 e. The molecule has 1 aromatic heterocycles. The molecule has 1 aliphatic carbocycles. The minimum absolute atomic E-state index is 0.140. The van der Waals surface area contributed by atoms with E-state index in [9.17, 15) is 4.79 Å². The van der Waals surface area contributed by atoms with Gasteiger partial charge in [-0.2, -0.15) is 0 Å². The van der Waals surface area contributed by atoms with Crippen molar-refractivity contribution in [2.75, 3.05) is 20.1 Å². The fourth-order valence-corrected chi connectivity index (χ4v) is 3.09. The van der Waals surface area contributed by atoms with Gasteiger partial charge in [-0.25, -0.2) is 4.99 Å². The lowest BCUT2D eigenvalue weighted by atomic mass is 9.93. The second-order valence-corrected chi connectivity index (χ2v) is 7.09. The molecule has 8 heteroatoms. The van der Waals surface area contributed by atoms with E-state index in [2.05, 4.69) is 25.7 Å². The number of likely N-dealkylation sites (tertiary alicyclic amines) is 1. The van der Waals surface area contributed by atoms with E-state index in [0.29, 0.717) is 24.9 Å². The maximum Gasteiger partial charge on any atom is 0.220 e. The number of carbonyl (C=O) groups is 1. The van der Waals surface area contributed by atoms with E-state index in [1.54, 1.807) is 7.05 Å². The predicted octanol–water partition coefficient (Wildman–Crippen LogP) is 0.580. The smallest absolute Gasteiger partial charge is 0.220 e. The van der Waals surface area contributed by atoms with E-state index in [1.165, 1.54) is 12.8 Å². The summed E-state index contributed by atoms with van der Waals surface area (Å²) in [6.07, 6.45) is 5.12. The molecule has 0 spiro atoms. The highest BCUT2D eigenvalue weighted by atomic mass is 16.1. The van der Waals surface area contributed by atoms with Gasteiger partial charge in [-0.3, -0.25) is 4.79 Å². The summed E-state index contributed by atoms with van der Waals surface area (Å²) in [4.78, 5) is 18.7. The number of nitrogens with zero attached hydrogens (tertiary/aromatic N) is 5. The minimum atomic E-state index is 0.140. The topological polar surface area (TPSA) is 87.4 Å². The molecule has 1 saturated carbocycles. The number of carbonyl (C=O) groups excluding carboxylic acids is 1. The van der Waals surface area contributed by atoms with Crippen LogP contribution in [-0.4, -0.2) is 57.7 Å². The molecule has 2 N–H and O–H groups in total. The Hall–Kier alpha value is -2.12. The van der Waals surface area contributed by atoms with E-state index in [4.69, 9.17) is 4.99 Å². The van der Waals surface area contributed by atoms with E-state index in [0.717, 1.165) is 43.5 Å². The Labute approximate surface area is 149 Å². The zero-order valence-electron chi connectivity index (χ0n) is 15.5. The zero-order valence-corrected chi connectivity index (χ0v) is 15.5. The number of amides is 1. The summed E-state index contributed by atoms with van der Waals surface area (Å²) in [6, 6.07) is 0.559. The Balaban J connectivity index is 1.60. The van der Waals surface area contributed by atoms with Crippen molar-refractivity contribution in [3.8, 4) is 0 Å². The van der Waals surface area contributed by atoms with Crippen molar-refractivity contribution in [3.05, 3.63) is 11.6 Å². The number of nitrogens with one attached hydrogen (secondary N) is 2. The summed E-state index contributed by atoms with van der Waals surface area (Å²) in [5, 5.41) is 14.6. The average Bonchev–Trinajstić information content (AvgIpc) is 3.39.